The summed E-state index contributed by atoms with van der Waals surface area (Å²) in [6, 6.07) is 0. The molecule has 3 aliphatic rings. The minimum atomic E-state index is -3.43. The fourth-order valence-corrected chi connectivity index (χ4v) is 6.78. The first-order chi connectivity index (χ1) is 9.77. The molecule has 21 heavy (non-hydrogen) atoms. The zero-order valence-electron chi connectivity index (χ0n) is 11.5. The highest BCUT2D eigenvalue weighted by Crippen LogP contribution is 2.61. The van der Waals surface area contributed by atoms with E-state index in [1.165, 1.54) is 0 Å². The van der Waals surface area contributed by atoms with Gasteiger partial charge in [0.05, 0.1) is 15.7 Å². The Morgan fingerprint density at radius 1 is 1.38 bits per heavy atom. The Morgan fingerprint density at radius 2 is 2.05 bits per heavy atom. The molecule has 2 aliphatic heterocycles. The highest BCUT2D eigenvalue weighted by Gasteiger charge is 2.54. The number of esters is 2. The molecule has 1 spiro atoms. The van der Waals surface area contributed by atoms with Gasteiger partial charge in [-0.2, -0.15) is 8.78 Å². The Labute approximate surface area is 129 Å². The van der Waals surface area contributed by atoms with Crippen molar-refractivity contribution in [1.29, 1.82) is 0 Å². The van der Waals surface area contributed by atoms with Gasteiger partial charge in [0.15, 0.2) is 5.44 Å². The molecule has 0 amide bonds. The summed E-state index contributed by atoms with van der Waals surface area (Å²) in [5, 5.41) is 0.196. The van der Waals surface area contributed by atoms with Crippen LogP contribution in [0.2, 0.25) is 0 Å². The zero-order valence-corrected chi connectivity index (χ0v) is 13.1. The molecule has 1 aliphatic carbocycles. The van der Waals surface area contributed by atoms with Gasteiger partial charge in [0.25, 0.3) is 0 Å². The molecular weight excluding hydrogens is 322 g/mol. The van der Waals surface area contributed by atoms with Crippen LogP contribution in [0.25, 0.3) is 0 Å². The van der Waals surface area contributed by atoms with Gasteiger partial charge in [-0.15, -0.1) is 11.8 Å². The van der Waals surface area contributed by atoms with Gasteiger partial charge in [0.2, 0.25) is 0 Å². The topological polar surface area (TPSA) is 52.6 Å². The lowest BCUT2D eigenvalue weighted by Gasteiger charge is -2.36. The van der Waals surface area contributed by atoms with E-state index in [0.717, 1.165) is 12.8 Å². The lowest BCUT2D eigenvalue weighted by Crippen LogP contribution is -2.36. The highest BCUT2D eigenvalue weighted by molar-refractivity contribution is 8.22. The lowest BCUT2D eigenvalue weighted by atomic mass is 9.96. The summed E-state index contributed by atoms with van der Waals surface area (Å²) in [6.45, 7) is 0.553. The number of hydrogen-bond donors (Lipinski definition) is 0. The van der Waals surface area contributed by atoms with E-state index in [2.05, 4.69) is 0 Å². The molecule has 3 rings (SSSR count). The molecule has 2 saturated heterocycles. The van der Waals surface area contributed by atoms with Crippen molar-refractivity contribution < 1.29 is 27.8 Å². The molecule has 1 saturated carbocycles. The largest absolute Gasteiger partial charge is 0.458 e. The minimum Gasteiger partial charge on any atom is -0.458 e. The number of fused-ring (bicyclic) bond motifs is 1. The molecule has 2 atom stereocenters. The molecule has 4 nitrogen and oxygen atoms in total. The first-order valence-electron chi connectivity index (χ1n) is 6.91. The van der Waals surface area contributed by atoms with Crippen LogP contribution in [0.3, 0.4) is 0 Å². The summed E-state index contributed by atoms with van der Waals surface area (Å²) in [6.07, 6.45) is 2.73. The van der Waals surface area contributed by atoms with Crippen LogP contribution in [0.1, 0.15) is 39.0 Å². The van der Waals surface area contributed by atoms with Gasteiger partial charge in [-0.1, -0.05) is 11.8 Å². The van der Waals surface area contributed by atoms with Crippen LogP contribution in [0.4, 0.5) is 8.78 Å². The minimum absolute atomic E-state index is 0.0202. The number of hydrogen-bond acceptors (Lipinski definition) is 6. The van der Waals surface area contributed by atoms with Crippen LogP contribution in [-0.4, -0.2) is 38.7 Å². The molecule has 0 aromatic carbocycles. The van der Waals surface area contributed by atoms with Gasteiger partial charge in [-0.25, -0.2) is 4.79 Å². The molecule has 8 heteroatoms. The second kappa shape index (κ2) is 5.30. The van der Waals surface area contributed by atoms with Crippen molar-refractivity contribution in [3.63, 3.8) is 0 Å². The fourth-order valence-electron chi connectivity index (χ4n) is 2.87. The zero-order chi connectivity index (χ0) is 15.3. The number of ether oxygens (including phenoxy) is 2. The van der Waals surface area contributed by atoms with Gasteiger partial charge in [-0.05, 0) is 25.7 Å². The maximum atomic E-state index is 12.8. The van der Waals surface area contributed by atoms with Crippen LogP contribution in [-0.2, 0) is 19.1 Å². The number of carbonyl (C=O) groups excluding carboxylic acids is 2. The quantitative estimate of drug-likeness (QED) is 0.722. The molecule has 0 N–H and O–H groups in total. The van der Waals surface area contributed by atoms with Gasteiger partial charge >= 0.3 is 17.9 Å². The van der Waals surface area contributed by atoms with Crippen molar-refractivity contribution in [2.24, 2.45) is 0 Å². The number of alkyl halides is 2. The number of thioether (sulfide) groups is 2. The molecule has 0 radical (unpaired) electrons. The molecule has 0 aromatic rings. The maximum Gasteiger partial charge on any atom is 0.376 e. The molecule has 118 valence electrons. The fraction of sp³-hybridized carbons (Fsp3) is 0.846. The molecule has 2 heterocycles. The third-order valence-electron chi connectivity index (χ3n) is 3.94. The third-order valence-corrected chi connectivity index (χ3v) is 7.74. The number of carbonyl (C=O) groups is 2. The van der Waals surface area contributed by atoms with Crippen LogP contribution >= 0.6 is 23.5 Å². The van der Waals surface area contributed by atoms with E-state index in [9.17, 15) is 18.4 Å². The Kier molecular flexibility index (Phi) is 3.88. The molecule has 3 fully saturated rings. The third kappa shape index (κ3) is 3.16. The monoisotopic (exact) mass is 338 g/mol. The van der Waals surface area contributed by atoms with E-state index in [1.807, 2.05) is 0 Å². The van der Waals surface area contributed by atoms with Crippen molar-refractivity contribution in [3.8, 4) is 0 Å². The summed E-state index contributed by atoms with van der Waals surface area (Å²) >= 11 is 3.43. The second-order valence-corrected chi connectivity index (χ2v) is 9.10. The number of halogens is 2. The van der Waals surface area contributed by atoms with E-state index < -0.39 is 18.0 Å². The summed E-state index contributed by atoms with van der Waals surface area (Å²) in [7, 11) is 0. The predicted molar refractivity (Wildman–Crippen MR) is 75.2 cm³/mol. The van der Waals surface area contributed by atoms with Crippen molar-refractivity contribution in [1.82, 2.24) is 0 Å². The average molecular weight is 338 g/mol. The van der Waals surface area contributed by atoms with Crippen LogP contribution in [0.15, 0.2) is 0 Å². The van der Waals surface area contributed by atoms with Gasteiger partial charge in [0, 0.05) is 6.92 Å². The summed E-state index contributed by atoms with van der Waals surface area (Å²) in [5.41, 5.74) is -0.0819. The average Bonchev–Trinajstić information content (AvgIpc) is 2.85. The SMILES string of the molecule is CC(F)(F)C(=O)OC1CCC2(CC1)SC1CC(=O)OC1S2. The smallest absolute Gasteiger partial charge is 0.376 e. The van der Waals surface area contributed by atoms with E-state index >= 15 is 0 Å². The summed E-state index contributed by atoms with van der Waals surface area (Å²) in [5.74, 6) is -5.02. The molecule has 0 bridgehead atoms. The standard InChI is InChI=1S/C13H16F2O4S2/c1-12(14,15)11(17)18-7-2-4-13(5-3-7)20-8-6-9(16)19-10(8)21-13/h7-8,10H,2-6H2,1H3. The van der Waals surface area contributed by atoms with Crippen molar-refractivity contribution >= 4 is 35.5 Å². The Hall–Kier alpha value is -0.500. The van der Waals surface area contributed by atoms with E-state index in [4.69, 9.17) is 9.47 Å². The van der Waals surface area contributed by atoms with Crippen molar-refractivity contribution in [2.45, 2.75) is 65.8 Å². The predicted octanol–water partition coefficient (Wildman–Crippen LogP) is 2.95. The van der Waals surface area contributed by atoms with Gasteiger partial charge in [0.1, 0.15) is 6.10 Å². The first kappa shape index (κ1) is 15.4. The Balaban J connectivity index is 1.52. The summed E-state index contributed by atoms with van der Waals surface area (Å²) < 4.78 is 35.8. The molecule has 0 aromatic heterocycles. The number of rotatable bonds is 2. The van der Waals surface area contributed by atoms with E-state index in [1.54, 1.807) is 23.5 Å². The van der Waals surface area contributed by atoms with Crippen molar-refractivity contribution in [3.05, 3.63) is 0 Å². The lowest BCUT2D eigenvalue weighted by molar-refractivity contribution is -0.176. The van der Waals surface area contributed by atoms with Crippen LogP contribution in [0.5, 0.6) is 0 Å². The summed E-state index contributed by atoms with van der Waals surface area (Å²) in [4.78, 5) is 22.4. The molecular formula is C13H16F2O4S2. The Bertz CT molecular complexity index is 440. The van der Waals surface area contributed by atoms with Crippen molar-refractivity contribution in [2.75, 3.05) is 0 Å². The normalized spacial score (nSPS) is 39.2. The second-order valence-electron chi connectivity index (χ2n) is 5.74. The van der Waals surface area contributed by atoms with Gasteiger partial charge in [-0.3, -0.25) is 4.79 Å². The maximum absolute atomic E-state index is 12.8. The van der Waals surface area contributed by atoms with E-state index in [0.29, 0.717) is 26.2 Å². The van der Waals surface area contributed by atoms with Gasteiger partial charge < -0.3 is 9.47 Å². The van der Waals surface area contributed by atoms with E-state index in [-0.39, 0.29) is 20.7 Å². The highest BCUT2D eigenvalue weighted by atomic mass is 32.2. The van der Waals surface area contributed by atoms with Crippen LogP contribution < -0.4 is 0 Å². The molecule has 2 unspecified atom stereocenters. The van der Waals surface area contributed by atoms with Crippen LogP contribution in [0, 0.1) is 0 Å². The first-order valence-corrected chi connectivity index (χ1v) is 8.67. The Morgan fingerprint density at radius 3 is 2.62 bits per heavy atom.